The van der Waals surface area contributed by atoms with E-state index in [2.05, 4.69) is 5.32 Å². The van der Waals surface area contributed by atoms with Gasteiger partial charge in [0, 0.05) is 26.3 Å². The first-order valence-corrected chi connectivity index (χ1v) is 6.91. The second-order valence-electron chi connectivity index (χ2n) is 5.00. The van der Waals surface area contributed by atoms with Gasteiger partial charge in [-0.25, -0.2) is 0 Å². The van der Waals surface area contributed by atoms with Crippen LogP contribution in [-0.4, -0.2) is 32.2 Å². The van der Waals surface area contributed by atoms with Crippen molar-refractivity contribution in [2.75, 3.05) is 26.3 Å². The van der Waals surface area contributed by atoms with Crippen molar-refractivity contribution in [2.24, 2.45) is 11.7 Å². The van der Waals surface area contributed by atoms with Crippen LogP contribution >= 0.6 is 0 Å². The maximum atomic E-state index is 12.2. The van der Waals surface area contributed by atoms with Crippen molar-refractivity contribution in [1.82, 2.24) is 5.32 Å². The van der Waals surface area contributed by atoms with Gasteiger partial charge >= 0.3 is 0 Å². The molecule has 0 aliphatic carbocycles. The Morgan fingerprint density at radius 2 is 2.00 bits per heavy atom. The van der Waals surface area contributed by atoms with E-state index < -0.39 is 0 Å². The minimum atomic E-state index is -0.249. The Bertz CT molecular complexity index is 388. The normalized spacial score (nSPS) is 17.9. The van der Waals surface area contributed by atoms with Crippen LogP contribution in [0.4, 0.5) is 0 Å². The van der Waals surface area contributed by atoms with Crippen LogP contribution in [0, 0.1) is 5.92 Å². The number of nitrogens with one attached hydrogen (secondary N) is 1. The first-order valence-electron chi connectivity index (χ1n) is 6.91. The molecule has 1 unspecified atom stereocenters. The van der Waals surface area contributed by atoms with E-state index in [1.807, 2.05) is 30.3 Å². The van der Waals surface area contributed by atoms with E-state index >= 15 is 0 Å². The third kappa shape index (κ3) is 4.04. The monoisotopic (exact) mass is 262 g/mol. The molecule has 0 saturated carbocycles. The maximum Gasteiger partial charge on any atom is 0.228 e. The molecule has 0 bridgehead atoms. The van der Waals surface area contributed by atoms with Crippen molar-refractivity contribution in [3.8, 4) is 0 Å². The van der Waals surface area contributed by atoms with Gasteiger partial charge in [-0.2, -0.15) is 0 Å². The second kappa shape index (κ2) is 7.26. The van der Waals surface area contributed by atoms with E-state index in [1.54, 1.807) is 0 Å². The number of carbonyl (C=O) groups is 1. The number of amides is 1. The van der Waals surface area contributed by atoms with Crippen LogP contribution in [0.25, 0.3) is 0 Å². The van der Waals surface area contributed by atoms with Crippen molar-refractivity contribution in [3.63, 3.8) is 0 Å². The van der Waals surface area contributed by atoms with Crippen LogP contribution in [0.3, 0.4) is 0 Å². The Hall–Kier alpha value is -1.39. The molecule has 1 aromatic carbocycles. The molecule has 1 atom stereocenters. The Kier molecular flexibility index (Phi) is 5.36. The molecule has 1 amide bonds. The van der Waals surface area contributed by atoms with Gasteiger partial charge in [-0.3, -0.25) is 4.79 Å². The lowest BCUT2D eigenvalue weighted by Crippen LogP contribution is -2.37. The molecule has 1 aliphatic rings. The Morgan fingerprint density at radius 1 is 1.32 bits per heavy atom. The molecule has 0 spiro atoms. The van der Waals surface area contributed by atoms with E-state index in [-0.39, 0.29) is 11.8 Å². The number of nitrogens with two attached hydrogens (primary N) is 1. The summed E-state index contributed by atoms with van der Waals surface area (Å²) >= 11 is 0. The molecule has 104 valence electrons. The van der Waals surface area contributed by atoms with Gasteiger partial charge in [0.1, 0.15) is 0 Å². The lowest BCUT2D eigenvalue weighted by molar-refractivity contribution is -0.122. The fraction of sp³-hybridized carbons (Fsp3) is 0.533. The van der Waals surface area contributed by atoms with Crippen LogP contribution in [0.15, 0.2) is 30.3 Å². The molecule has 1 aliphatic heterocycles. The predicted octanol–water partition coefficient (Wildman–Crippen LogP) is 1.27. The maximum absolute atomic E-state index is 12.2. The molecule has 0 aromatic heterocycles. The van der Waals surface area contributed by atoms with Gasteiger partial charge in [0.15, 0.2) is 0 Å². The zero-order chi connectivity index (χ0) is 13.5. The highest BCUT2D eigenvalue weighted by Gasteiger charge is 2.20. The second-order valence-corrected chi connectivity index (χ2v) is 5.00. The average molecular weight is 262 g/mol. The zero-order valence-corrected chi connectivity index (χ0v) is 11.2. The fourth-order valence-electron chi connectivity index (χ4n) is 2.40. The molecule has 1 fully saturated rings. The smallest absolute Gasteiger partial charge is 0.228 e. The Morgan fingerprint density at radius 3 is 2.63 bits per heavy atom. The summed E-state index contributed by atoms with van der Waals surface area (Å²) in [5.74, 6) is 0.313. The van der Waals surface area contributed by atoms with E-state index in [1.165, 1.54) is 0 Å². The Balaban J connectivity index is 1.86. The number of carbonyl (C=O) groups excluding carboxylic acids is 1. The molecular weight excluding hydrogens is 240 g/mol. The molecule has 3 N–H and O–H groups in total. The summed E-state index contributed by atoms with van der Waals surface area (Å²) in [7, 11) is 0. The van der Waals surface area contributed by atoms with Gasteiger partial charge in [0.2, 0.25) is 5.91 Å². The topological polar surface area (TPSA) is 64.4 Å². The van der Waals surface area contributed by atoms with Crippen molar-refractivity contribution in [3.05, 3.63) is 35.9 Å². The van der Waals surface area contributed by atoms with Gasteiger partial charge in [0.05, 0.1) is 5.92 Å². The molecule has 4 nitrogen and oxygen atoms in total. The van der Waals surface area contributed by atoms with Crippen LogP contribution in [0.5, 0.6) is 0 Å². The van der Waals surface area contributed by atoms with Gasteiger partial charge in [0.25, 0.3) is 0 Å². The summed E-state index contributed by atoms with van der Waals surface area (Å²) in [5.41, 5.74) is 6.71. The number of benzene rings is 1. The third-order valence-corrected chi connectivity index (χ3v) is 3.66. The Labute approximate surface area is 114 Å². The van der Waals surface area contributed by atoms with Crippen LogP contribution in [-0.2, 0) is 9.53 Å². The number of rotatable bonds is 5. The summed E-state index contributed by atoms with van der Waals surface area (Å²) in [5, 5.41) is 3.03. The van der Waals surface area contributed by atoms with E-state index in [9.17, 15) is 4.79 Å². The molecule has 1 heterocycles. The molecule has 19 heavy (non-hydrogen) atoms. The van der Waals surface area contributed by atoms with Crippen molar-refractivity contribution >= 4 is 5.91 Å². The quantitative estimate of drug-likeness (QED) is 0.840. The standard InChI is InChI=1S/C15H22N2O2/c16-10-14(13-4-2-1-3-5-13)15(18)17-11-12-6-8-19-9-7-12/h1-5,12,14H,6-11,16H2,(H,17,18). The lowest BCUT2D eigenvalue weighted by Gasteiger charge is -2.23. The highest BCUT2D eigenvalue weighted by Crippen LogP contribution is 2.16. The molecule has 2 rings (SSSR count). The largest absolute Gasteiger partial charge is 0.381 e. The van der Waals surface area contributed by atoms with E-state index in [4.69, 9.17) is 10.5 Å². The molecule has 1 aromatic rings. The minimum Gasteiger partial charge on any atom is -0.381 e. The third-order valence-electron chi connectivity index (χ3n) is 3.66. The van der Waals surface area contributed by atoms with E-state index in [0.717, 1.165) is 38.2 Å². The molecular formula is C15H22N2O2. The number of hydrogen-bond donors (Lipinski definition) is 2. The van der Waals surface area contributed by atoms with Crippen molar-refractivity contribution in [1.29, 1.82) is 0 Å². The van der Waals surface area contributed by atoms with Gasteiger partial charge < -0.3 is 15.8 Å². The SMILES string of the molecule is NCC(C(=O)NCC1CCOCC1)c1ccccc1. The summed E-state index contributed by atoms with van der Waals surface area (Å²) in [6.45, 7) is 2.67. The number of ether oxygens (including phenoxy) is 1. The highest BCUT2D eigenvalue weighted by atomic mass is 16.5. The lowest BCUT2D eigenvalue weighted by atomic mass is 9.97. The average Bonchev–Trinajstić information content (AvgIpc) is 2.48. The number of hydrogen-bond acceptors (Lipinski definition) is 3. The van der Waals surface area contributed by atoms with Crippen molar-refractivity contribution < 1.29 is 9.53 Å². The van der Waals surface area contributed by atoms with Crippen LogP contribution in [0.2, 0.25) is 0 Å². The summed E-state index contributed by atoms with van der Waals surface area (Å²) in [4.78, 5) is 12.2. The van der Waals surface area contributed by atoms with Gasteiger partial charge in [-0.1, -0.05) is 30.3 Å². The zero-order valence-electron chi connectivity index (χ0n) is 11.2. The van der Waals surface area contributed by atoms with E-state index in [0.29, 0.717) is 12.5 Å². The van der Waals surface area contributed by atoms with Gasteiger partial charge in [-0.05, 0) is 24.3 Å². The van der Waals surface area contributed by atoms with Crippen molar-refractivity contribution in [2.45, 2.75) is 18.8 Å². The first kappa shape index (κ1) is 14.0. The minimum absolute atomic E-state index is 0.0280. The summed E-state index contributed by atoms with van der Waals surface area (Å²) in [6.07, 6.45) is 2.05. The van der Waals surface area contributed by atoms with Crippen LogP contribution < -0.4 is 11.1 Å². The predicted molar refractivity (Wildman–Crippen MR) is 74.8 cm³/mol. The molecule has 0 radical (unpaired) electrons. The summed E-state index contributed by atoms with van der Waals surface area (Å²) < 4.78 is 5.31. The molecule has 4 heteroatoms. The van der Waals surface area contributed by atoms with Crippen LogP contribution in [0.1, 0.15) is 24.3 Å². The highest BCUT2D eigenvalue weighted by molar-refractivity contribution is 5.83. The molecule has 1 saturated heterocycles. The first-order chi connectivity index (χ1) is 9.31. The van der Waals surface area contributed by atoms with Gasteiger partial charge in [-0.15, -0.1) is 0 Å². The summed E-state index contributed by atoms with van der Waals surface area (Å²) in [6, 6.07) is 9.71. The fourth-order valence-corrected chi connectivity index (χ4v) is 2.40.